The molecule has 1 saturated heterocycles. The molecular formula is C23H23F3N2O3. The second-order valence-electron chi connectivity index (χ2n) is 6.95. The lowest BCUT2D eigenvalue weighted by atomic mass is 10.1. The van der Waals surface area contributed by atoms with Gasteiger partial charge in [-0.05, 0) is 48.9 Å². The Morgan fingerprint density at radius 1 is 1.06 bits per heavy atom. The Kier molecular flexibility index (Phi) is 7.93. The number of hydrogen-bond donors (Lipinski definition) is 1. The lowest BCUT2D eigenvalue weighted by Crippen LogP contribution is -2.37. The van der Waals surface area contributed by atoms with E-state index >= 15 is 0 Å². The van der Waals surface area contributed by atoms with Crippen LogP contribution in [0.1, 0.15) is 23.1 Å². The highest BCUT2D eigenvalue weighted by molar-refractivity contribution is 5.71. The molecule has 0 unspecified atom stereocenters. The van der Waals surface area contributed by atoms with Gasteiger partial charge in [-0.3, -0.25) is 9.69 Å². The van der Waals surface area contributed by atoms with Gasteiger partial charge in [-0.25, -0.2) is 0 Å². The summed E-state index contributed by atoms with van der Waals surface area (Å²) in [4.78, 5) is 12.6. The van der Waals surface area contributed by atoms with E-state index in [9.17, 15) is 18.0 Å². The minimum absolute atomic E-state index is 0.190. The van der Waals surface area contributed by atoms with Crippen LogP contribution in [0.15, 0.2) is 42.5 Å². The van der Waals surface area contributed by atoms with Crippen molar-refractivity contribution < 1.29 is 27.4 Å². The SMILES string of the molecule is O=CNc1ccc(C#Cc2ccc(OCCCN3CCOCC3)c(C(F)(F)F)c2)cc1. The average Bonchev–Trinajstić information content (AvgIpc) is 2.77. The van der Waals surface area contributed by atoms with Crippen LogP contribution in [-0.4, -0.2) is 50.8 Å². The van der Waals surface area contributed by atoms with Gasteiger partial charge in [0, 0.05) is 36.4 Å². The fraction of sp³-hybridized carbons (Fsp3) is 0.348. The van der Waals surface area contributed by atoms with E-state index in [0.29, 0.717) is 37.3 Å². The molecule has 3 rings (SSSR count). The maximum absolute atomic E-state index is 13.5. The number of carbonyl (C=O) groups is 1. The summed E-state index contributed by atoms with van der Waals surface area (Å²) in [6, 6.07) is 10.5. The first-order chi connectivity index (χ1) is 15.0. The number of anilines is 1. The van der Waals surface area contributed by atoms with Crippen molar-refractivity contribution in [2.45, 2.75) is 12.6 Å². The number of rotatable bonds is 7. The van der Waals surface area contributed by atoms with E-state index in [1.807, 2.05) is 0 Å². The van der Waals surface area contributed by atoms with Gasteiger partial charge in [-0.1, -0.05) is 11.8 Å². The summed E-state index contributed by atoms with van der Waals surface area (Å²) in [6.07, 6.45) is -3.35. The van der Waals surface area contributed by atoms with Gasteiger partial charge in [0.05, 0.1) is 25.4 Å². The molecular weight excluding hydrogens is 409 g/mol. The van der Waals surface area contributed by atoms with E-state index < -0.39 is 11.7 Å². The average molecular weight is 432 g/mol. The van der Waals surface area contributed by atoms with Crippen molar-refractivity contribution in [1.29, 1.82) is 0 Å². The zero-order valence-electron chi connectivity index (χ0n) is 16.9. The molecule has 8 heteroatoms. The van der Waals surface area contributed by atoms with Gasteiger partial charge < -0.3 is 14.8 Å². The zero-order valence-corrected chi connectivity index (χ0v) is 16.9. The molecule has 2 aromatic rings. The third-order valence-corrected chi connectivity index (χ3v) is 4.73. The Morgan fingerprint density at radius 2 is 1.74 bits per heavy atom. The highest BCUT2D eigenvalue weighted by atomic mass is 19.4. The van der Waals surface area contributed by atoms with Crippen LogP contribution in [0.25, 0.3) is 0 Å². The molecule has 0 aliphatic carbocycles. The van der Waals surface area contributed by atoms with Crippen molar-refractivity contribution in [3.63, 3.8) is 0 Å². The number of ether oxygens (including phenoxy) is 2. The molecule has 0 atom stereocenters. The molecule has 0 radical (unpaired) electrons. The van der Waals surface area contributed by atoms with Gasteiger partial charge >= 0.3 is 6.18 Å². The normalized spacial score (nSPS) is 14.4. The Balaban J connectivity index is 1.65. The van der Waals surface area contributed by atoms with E-state index in [1.54, 1.807) is 24.3 Å². The van der Waals surface area contributed by atoms with Gasteiger partial charge in [-0.2, -0.15) is 13.2 Å². The van der Waals surface area contributed by atoms with E-state index in [4.69, 9.17) is 9.47 Å². The summed E-state index contributed by atoms with van der Waals surface area (Å²) in [5.74, 6) is 5.38. The molecule has 0 spiro atoms. The van der Waals surface area contributed by atoms with Crippen LogP contribution in [0.3, 0.4) is 0 Å². The molecule has 1 aliphatic heterocycles. The van der Waals surface area contributed by atoms with Crippen molar-refractivity contribution in [3.8, 4) is 17.6 Å². The molecule has 0 saturated carbocycles. The van der Waals surface area contributed by atoms with Crippen molar-refractivity contribution in [3.05, 3.63) is 59.2 Å². The van der Waals surface area contributed by atoms with Gasteiger partial charge in [0.15, 0.2) is 0 Å². The molecule has 1 heterocycles. The third-order valence-electron chi connectivity index (χ3n) is 4.73. The van der Waals surface area contributed by atoms with E-state index in [1.165, 1.54) is 12.1 Å². The molecule has 31 heavy (non-hydrogen) atoms. The van der Waals surface area contributed by atoms with E-state index in [0.717, 1.165) is 25.7 Å². The Labute approximate surface area is 179 Å². The summed E-state index contributed by atoms with van der Waals surface area (Å²) >= 11 is 0. The van der Waals surface area contributed by atoms with Gasteiger partial charge in [0.1, 0.15) is 5.75 Å². The van der Waals surface area contributed by atoms with Crippen LogP contribution < -0.4 is 10.1 Å². The standard InChI is InChI=1S/C23H23F3N2O3/c24-23(25,26)21-16-19(3-2-18-4-7-20(8-5-18)27-17-29)6-9-22(21)31-13-1-10-28-11-14-30-15-12-28/h4-9,16-17H,1,10-15H2,(H,27,29). The predicted molar refractivity (Wildman–Crippen MR) is 111 cm³/mol. The number of benzene rings is 2. The van der Waals surface area contributed by atoms with Crippen LogP contribution in [0.4, 0.5) is 18.9 Å². The molecule has 1 aliphatic rings. The van der Waals surface area contributed by atoms with E-state index in [-0.39, 0.29) is 17.9 Å². The number of morpholine rings is 1. The summed E-state index contributed by atoms with van der Waals surface area (Å²) in [7, 11) is 0. The summed E-state index contributed by atoms with van der Waals surface area (Å²) in [5, 5.41) is 2.50. The predicted octanol–water partition coefficient (Wildman–Crippen LogP) is 3.77. The second-order valence-corrected chi connectivity index (χ2v) is 6.95. The molecule has 164 valence electrons. The first-order valence-corrected chi connectivity index (χ1v) is 9.92. The highest BCUT2D eigenvalue weighted by Gasteiger charge is 2.34. The Hall–Kier alpha value is -3.02. The van der Waals surface area contributed by atoms with Crippen LogP contribution in [-0.2, 0) is 15.7 Å². The number of nitrogens with one attached hydrogen (secondary N) is 1. The number of hydrogen-bond acceptors (Lipinski definition) is 4. The highest BCUT2D eigenvalue weighted by Crippen LogP contribution is 2.36. The lowest BCUT2D eigenvalue weighted by molar-refractivity contribution is -0.139. The van der Waals surface area contributed by atoms with Crippen molar-refractivity contribution in [1.82, 2.24) is 4.90 Å². The van der Waals surface area contributed by atoms with Gasteiger partial charge in [0.2, 0.25) is 6.41 Å². The number of alkyl halides is 3. The first-order valence-electron chi connectivity index (χ1n) is 9.92. The Morgan fingerprint density at radius 3 is 2.42 bits per heavy atom. The van der Waals surface area contributed by atoms with Gasteiger partial charge in [-0.15, -0.1) is 0 Å². The molecule has 5 nitrogen and oxygen atoms in total. The molecule has 0 aromatic heterocycles. The van der Waals surface area contributed by atoms with E-state index in [2.05, 4.69) is 22.1 Å². The number of halogens is 3. The molecule has 1 fully saturated rings. The summed E-state index contributed by atoms with van der Waals surface area (Å²) < 4.78 is 51.3. The molecule has 2 aromatic carbocycles. The quantitative estimate of drug-likeness (QED) is 0.411. The number of amides is 1. The minimum atomic E-state index is -4.54. The monoisotopic (exact) mass is 432 g/mol. The fourth-order valence-electron chi connectivity index (χ4n) is 3.11. The second kappa shape index (κ2) is 10.8. The zero-order chi connectivity index (χ0) is 22.1. The number of nitrogens with zero attached hydrogens (tertiary/aromatic N) is 1. The largest absolute Gasteiger partial charge is 0.493 e. The molecule has 1 amide bonds. The van der Waals surface area contributed by atoms with Crippen molar-refractivity contribution in [2.24, 2.45) is 0 Å². The summed E-state index contributed by atoms with van der Waals surface area (Å²) in [5.41, 5.74) is 0.628. The third kappa shape index (κ3) is 7.02. The topological polar surface area (TPSA) is 50.8 Å². The molecule has 0 bridgehead atoms. The smallest absolute Gasteiger partial charge is 0.420 e. The molecule has 1 N–H and O–H groups in total. The lowest BCUT2D eigenvalue weighted by Gasteiger charge is -2.26. The van der Waals surface area contributed by atoms with Crippen molar-refractivity contribution in [2.75, 3.05) is 44.8 Å². The van der Waals surface area contributed by atoms with Crippen LogP contribution in [0, 0.1) is 11.8 Å². The van der Waals surface area contributed by atoms with Crippen LogP contribution in [0.5, 0.6) is 5.75 Å². The fourth-order valence-corrected chi connectivity index (χ4v) is 3.11. The first kappa shape index (κ1) is 22.7. The number of carbonyl (C=O) groups excluding carboxylic acids is 1. The van der Waals surface area contributed by atoms with Crippen LogP contribution in [0.2, 0.25) is 0 Å². The maximum atomic E-state index is 13.5. The van der Waals surface area contributed by atoms with Gasteiger partial charge in [0.25, 0.3) is 0 Å². The minimum Gasteiger partial charge on any atom is -0.493 e. The summed E-state index contributed by atoms with van der Waals surface area (Å²) in [6.45, 7) is 3.99. The Bertz CT molecular complexity index is 928. The maximum Gasteiger partial charge on any atom is 0.420 e. The van der Waals surface area contributed by atoms with Crippen molar-refractivity contribution >= 4 is 12.1 Å². The van der Waals surface area contributed by atoms with Crippen LogP contribution >= 0.6 is 0 Å².